The number of piperidine rings is 1. The molecule has 4 rings (SSSR count). The van der Waals surface area contributed by atoms with E-state index in [9.17, 15) is 9.59 Å². The van der Waals surface area contributed by atoms with E-state index in [1.165, 1.54) is 10.9 Å². The third kappa shape index (κ3) is 4.69. The fourth-order valence-corrected chi connectivity index (χ4v) is 5.11. The van der Waals surface area contributed by atoms with Crippen molar-refractivity contribution in [2.75, 3.05) is 26.3 Å². The third-order valence-electron chi connectivity index (χ3n) is 6.60. The van der Waals surface area contributed by atoms with Gasteiger partial charge in [0.15, 0.2) is 0 Å². The number of hydrogen-bond donors (Lipinski definition) is 1. The Morgan fingerprint density at radius 2 is 1.97 bits per heavy atom. The quantitative estimate of drug-likeness (QED) is 0.791. The molecule has 6 heteroatoms. The second kappa shape index (κ2) is 9.65. The van der Waals surface area contributed by atoms with E-state index < -0.39 is 0 Å². The summed E-state index contributed by atoms with van der Waals surface area (Å²) in [5, 5.41) is 1.25. The zero-order valence-electron chi connectivity index (χ0n) is 17.9. The highest BCUT2D eigenvalue weighted by atomic mass is 16.5. The lowest BCUT2D eigenvalue weighted by Gasteiger charge is -2.44. The molecule has 2 aliphatic heterocycles. The zero-order valence-corrected chi connectivity index (χ0v) is 17.9. The molecule has 3 heterocycles. The maximum atomic E-state index is 12.9. The van der Waals surface area contributed by atoms with Crippen molar-refractivity contribution < 1.29 is 14.3 Å². The molecule has 0 aliphatic carbocycles. The van der Waals surface area contributed by atoms with Crippen LogP contribution in [-0.2, 0) is 20.7 Å². The number of likely N-dealkylation sites (tertiary alicyclic amines) is 1. The first-order valence-corrected chi connectivity index (χ1v) is 11.3. The summed E-state index contributed by atoms with van der Waals surface area (Å²) in [5.74, 6) is 0.343. The van der Waals surface area contributed by atoms with Crippen molar-refractivity contribution in [3.63, 3.8) is 0 Å². The van der Waals surface area contributed by atoms with Gasteiger partial charge in [-0.1, -0.05) is 18.2 Å². The zero-order chi connectivity index (χ0) is 20.9. The first-order chi connectivity index (χ1) is 14.6. The summed E-state index contributed by atoms with van der Waals surface area (Å²) in [6.45, 7) is 4.58. The van der Waals surface area contributed by atoms with Crippen molar-refractivity contribution >= 4 is 22.7 Å². The Bertz CT molecular complexity index is 871. The molecule has 30 heavy (non-hydrogen) atoms. The minimum absolute atomic E-state index is 0.125. The second-order valence-electron chi connectivity index (χ2n) is 8.62. The van der Waals surface area contributed by atoms with E-state index in [-0.39, 0.29) is 23.9 Å². The van der Waals surface area contributed by atoms with Crippen LogP contribution in [0.5, 0.6) is 0 Å². The normalized spacial score (nSPS) is 20.4. The summed E-state index contributed by atoms with van der Waals surface area (Å²) in [6, 6.07) is 8.68. The SMILES string of the molecule is CC(=O)N(C1CCOCC1)C1CCCN(C(=O)CCCc2c[nH]c3ccccc23)C1. The van der Waals surface area contributed by atoms with Crippen LogP contribution in [-0.4, -0.2) is 65.0 Å². The lowest BCUT2D eigenvalue weighted by molar-refractivity contribution is -0.142. The highest BCUT2D eigenvalue weighted by Crippen LogP contribution is 2.24. The number of benzene rings is 1. The number of H-pyrrole nitrogens is 1. The lowest BCUT2D eigenvalue weighted by Crippen LogP contribution is -2.55. The fraction of sp³-hybridized carbons (Fsp3) is 0.583. The number of aromatic nitrogens is 1. The molecule has 1 aromatic carbocycles. The molecule has 2 fully saturated rings. The average molecular weight is 412 g/mol. The molecule has 1 unspecified atom stereocenters. The fourth-order valence-electron chi connectivity index (χ4n) is 5.11. The summed E-state index contributed by atoms with van der Waals surface area (Å²) in [5.41, 5.74) is 2.42. The van der Waals surface area contributed by atoms with Gasteiger partial charge in [0.2, 0.25) is 11.8 Å². The van der Waals surface area contributed by atoms with Gasteiger partial charge in [-0.15, -0.1) is 0 Å². The Balaban J connectivity index is 1.32. The maximum Gasteiger partial charge on any atom is 0.222 e. The summed E-state index contributed by atoms with van der Waals surface area (Å²) < 4.78 is 5.47. The van der Waals surface area contributed by atoms with Crippen LogP contribution in [0.3, 0.4) is 0 Å². The van der Waals surface area contributed by atoms with Gasteiger partial charge in [-0.05, 0) is 50.2 Å². The van der Waals surface area contributed by atoms with Crippen LogP contribution in [0.15, 0.2) is 30.5 Å². The number of ether oxygens (including phenoxy) is 1. The monoisotopic (exact) mass is 411 g/mol. The number of nitrogens with zero attached hydrogens (tertiary/aromatic N) is 2. The maximum absolute atomic E-state index is 12.9. The van der Waals surface area contributed by atoms with Crippen LogP contribution < -0.4 is 0 Å². The number of hydrogen-bond acceptors (Lipinski definition) is 3. The third-order valence-corrected chi connectivity index (χ3v) is 6.60. The molecule has 1 N–H and O–H groups in total. The standard InChI is InChI=1S/C24H33N3O3/c1-18(28)27(20-11-14-30-15-12-20)21-7-5-13-26(17-21)24(29)10-4-6-19-16-25-23-9-3-2-8-22(19)23/h2-3,8-9,16,20-21,25H,4-7,10-15,17H2,1H3. The van der Waals surface area contributed by atoms with E-state index in [0.29, 0.717) is 13.0 Å². The largest absolute Gasteiger partial charge is 0.381 e. The van der Waals surface area contributed by atoms with E-state index in [1.807, 2.05) is 15.9 Å². The number of carbonyl (C=O) groups excluding carboxylic acids is 2. The van der Waals surface area contributed by atoms with E-state index in [2.05, 4.69) is 29.4 Å². The van der Waals surface area contributed by atoms with Gasteiger partial charge in [-0.3, -0.25) is 9.59 Å². The molecule has 162 valence electrons. The number of aryl methyl sites for hydroxylation is 1. The molecule has 2 aliphatic rings. The van der Waals surface area contributed by atoms with Gasteiger partial charge in [0, 0.05) is 68.8 Å². The van der Waals surface area contributed by atoms with E-state index in [0.717, 1.165) is 63.8 Å². The van der Waals surface area contributed by atoms with Gasteiger partial charge in [0.1, 0.15) is 0 Å². The van der Waals surface area contributed by atoms with Crippen molar-refractivity contribution in [2.45, 2.75) is 64.0 Å². The Morgan fingerprint density at radius 1 is 1.17 bits per heavy atom. The number of rotatable bonds is 6. The van der Waals surface area contributed by atoms with Gasteiger partial charge in [0.25, 0.3) is 0 Å². The first kappa shape index (κ1) is 20.9. The Kier molecular flexibility index (Phi) is 6.72. The van der Waals surface area contributed by atoms with E-state index in [1.54, 1.807) is 6.92 Å². The number of fused-ring (bicyclic) bond motifs is 1. The van der Waals surface area contributed by atoms with Gasteiger partial charge in [0.05, 0.1) is 0 Å². The highest BCUT2D eigenvalue weighted by Gasteiger charge is 2.34. The van der Waals surface area contributed by atoms with Crippen molar-refractivity contribution in [1.29, 1.82) is 0 Å². The number of amides is 2. The molecule has 2 aromatic rings. The van der Waals surface area contributed by atoms with Crippen LogP contribution in [0, 0.1) is 0 Å². The molecule has 0 bridgehead atoms. The topological polar surface area (TPSA) is 65.6 Å². The van der Waals surface area contributed by atoms with Crippen molar-refractivity contribution in [3.8, 4) is 0 Å². The lowest BCUT2D eigenvalue weighted by atomic mass is 9.98. The van der Waals surface area contributed by atoms with Gasteiger partial charge < -0.3 is 19.5 Å². The molecule has 1 aromatic heterocycles. The number of carbonyl (C=O) groups is 2. The molecule has 2 saturated heterocycles. The molecular weight excluding hydrogens is 378 g/mol. The second-order valence-corrected chi connectivity index (χ2v) is 8.62. The van der Waals surface area contributed by atoms with Crippen molar-refractivity contribution in [1.82, 2.24) is 14.8 Å². The Hall–Kier alpha value is -2.34. The van der Waals surface area contributed by atoms with Crippen LogP contribution in [0.4, 0.5) is 0 Å². The predicted molar refractivity (Wildman–Crippen MR) is 117 cm³/mol. The van der Waals surface area contributed by atoms with E-state index in [4.69, 9.17) is 4.74 Å². The van der Waals surface area contributed by atoms with E-state index >= 15 is 0 Å². The Morgan fingerprint density at radius 3 is 2.77 bits per heavy atom. The minimum atomic E-state index is 0.125. The van der Waals surface area contributed by atoms with Crippen LogP contribution in [0.25, 0.3) is 10.9 Å². The molecule has 1 atom stereocenters. The molecule has 0 saturated carbocycles. The summed E-state index contributed by atoms with van der Waals surface area (Å²) >= 11 is 0. The molecular formula is C24H33N3O3. The molecule has 6 nitrogen and oxygen atoms in total. The van der Waals surface area contributed by atoms with Gasteiger partial charge in [-0.25, -0.2) is 0 Å². The summed E-state index contributed by atoms with van der Waals surface area (Å²) in [4.78, 5) is 32.6. The van der Waals surface area contributed by atoms with Crippen LogP contribution in [0.2, 0.25) is 0 Å². The number of para-hydroxylation sites is 1. The Labute approximate surface area is 178 Å². The molecule has 0 spiro atoms. The minimum Gasteiger partial charge on any atom is -0.381 e. The first-order valence-electron chi connectivity index (χ1n) is 11.3. The van der Waals surface area contributed by atoms with Crippen LogP contribution >= 0.6 is 0 Å². The highest BCUT2D eigenvalue weighted by molar-refractivity contribution is 5.83. The van der Waals surface area contributed by atoms with Crippen LogP contribution in [0.1, 0.15) is 51.0 Å². The summed E-state index contributed by atoms with van der Waals surface area (Å²) in [7, 11) is 0. The van der Waals surface area contributed by atoms with Crippen molar-refractivity contribution in [3.05, 3.63) is 36.0 Å². The average Bonchev–Trinajstić information content (AvgIpc) is 3.18. The smallest absolute Gasteiger partial charge is 0.222 e. The summed E-state index contributed by atoms with van der Waals surface area (Å²) in [6.07, 6.45) is 8.10. The number of aromatic amines is 1. The van der Waals surface area contributed by atoms with Gasteiger partial charge in [-0.2, -0.15) is 0 Å². The molecule has 0 radical (unpaired) electrons. The number of nitrogens with one attached hydrogen (secondary N) is 1. The van der Waals surface area contributed by atoms with Gasteiger partial charge >= 0.3 is 0 Å². The molecule has 2 amide bonds. The predicted octanol–water partition coefficient (Wildman–Crippen LogP) is 3.51. The van der Waals surface area contributed by atoms with Crippen molar-refractivity contribution in [2.24, 2.45) is 0 Å².